The predicted molar refractivity (Wildman–Crippen MR) is 115 cm³/mol. The van der Waals surface area contributed by atoms with E-state index in [2.05, 4.69) is 18.7 Å². The Labute approximate surface area is 183 Å². The highest BCUT2D eigenvalue weighted by atomic mass is 35.5. The van der Waals surface area contributed by atoms with Gasteiger partial charge < -0.3 is 14.7 Å². The summed E-state index contributed by atoms with van der Waals surface area (Å²) in [5, 5.41) is 10.3. The SMILES string of the molecule is CC(C)(CC(=O)[C@@H]1CCOC1)N1CCc2cc(Cl)cc([C@@H]3CCCN3C(=O)O)c2C1. The van der Waals surface area contributed by atoms with Crippen LogP contribution in [0, 0.1) is 5.92 Å². The zero-order valence-corrected chi connectivity index (χ0v) is 18.6. The van der Waals surface area contributed by atoms with E-state index in [0.29, 0.717) is 37.7 Å². The van der Waals surface area contributed by atoms with Crippen molar-refractivity contribution < 1.29 is 19.4 Å². The largest absolute Gasteiger partial charge is 0.465 e. The van der Waals surface area contributed by atoms with Gasteiger partial charge in [0.25, 0.3) is 0 Å². The molecule has 3 aliphatic rings. The third kappa shape index (κ3) is 4.23. The fourth-order valence-corrected chi connectivity index (χ4v) is 5.51. The van der Waals surface area contributed by atoms with Crippen LogP contribution in [-0.2, 0) is 22.5 Å². The first-order valence-electron chi connectivity index (χ1n) is 10.9. The molecule has 0 aliphatic carbocycles. The highest BCUT2D eigenvalue weighted by molar-refractivity contribution is 6.30. The van der Waals surface area contributed by atoms with Crippen molar-refractivity contribution in [3.05, 3.63) is 33.8 Å². The van der Waals surface area contributed by atoms with E-state index >= 15 is 0 Å². The Kier molecular flexibility index (Phi) is 6.11. The number of Topliss-reactive ketones (excluding diaryl/α,β-unsaturated/α-hetero) is 1. The average molecular weight is 435 g/mol. The lowest BCUT2D eigenvalue weighted by Crippen LogP contribution is -2.48. The van der Waals surface area contributed by atoms with E-state index in [0.717, 1.165) is 37.8 Å². The minimum atomic E-state index is -0.872. The second-order valence-corrected chi connectivity index (χ2v) is 9.89. The third-order valence-corrected chi connectivity index (χ3v) is 7.27. The quantitative estimate of drug-likeness (QED) is 0.748. The number of hydrogen-bond donors (Lipinski definition) is 1. The molecule has 0 bridgehead atoms. The molecule has 1 aromatic carbocycles. The molecule has 6 nitrogen and oxygen atoms in total. The van der Waals surface area contributed by atoms with Crippen molar-refractivity contribution in [1.82, 2.24) is 9.80 Å². The van der Waals surface area contributed by atoms with Crippen LogP contribution in [0.5, 0.6) is 0 Å². The standard InChI is InChI=1S/C23H31ClN2O4/c1-23(2,12-21(27)16-6-9-30-14-16)25-8-5-15-10-17(24)11-18(19(15)13-25)20-4-3-7-26(20)22(28)29/h10-11,16,20H,3-9,12-14H2,1-2H3,(H,28,29)/t16-,20+/m1/s1. The molecule has 3 heterocycles. The third-order valence-electron chi connectivity index (χ3n) is 7.05. The number of likely N-dealkylation sites (tertiary alicyclic amines) is 1. The lowest BCUT2D eigenvalue weighted by molar-refractivity contribution is -0.125. The summed E-state index contributed by atoms with van der Waals surface area (Å²) in [5.74, 6) is 0.311. The van der Waals surface area contributed by atoms with E-state index in [-0.39, 0.29) is 23.3 Å². The summed E-state index contributed by atoms with van der Waals surface area (Å²) in [4.78, 5) is 28.5. The van der Waals surface area contributed by atoms with Crippen LogP contribution in [0.15, 0.2) is 12.1 Å². The van der Waals surface area contributed by atoms with E-state index < -0.39 is 6.09 Å². The molecule has 0 saturated carbocycles. The van der Waals surface area contributed by atoms with Gasteiger partial charge in [-0.15, -0.1) is 0 Å². The van der Waals surface area contributed by atoms with Crippen LogP contribution >= 0.6 is 11.6 Å². The van der Waals surface area contributed by atoms with Crippen molar-refractivity contribution in [1.29, 1.82) is 0 Å². The number of ketones is 1. The van der Waals surface area contributed by atoms with Crippen molar-refractivity contribution in [2.24, 2.45) is 5.92 Å². The second kappa shape index (κ2) is 8.48. The molecule has 3 aliphatic heterocycles. The molecule has 30 heavy (non-hydrogen) atoms. The number of hydrogen-bond acceptors (Lipinski definition) is 4. The van der Waals surface area contributed by atoms with E-state index in [9.17, 15) is 14.7 Å². The van der Waals surface area contributed by atoms with Gasteiger partial charge in [0, 0.05) is 49.1 Å². The summed E-state index contributed by atoms with van der Waals surface area (Å²) in [6.07, 6.45) is 3.00. The van der Waals surface area contributed by atoms with Gasteiger partial charge in [-0.2, -0.15) is 0 Å². The Balaban J connectivity index is 1.58. The number of carbonyl (C=O) groups excluding carboxylic acids is 1. The fourth-order valence-electron chi connectivity index (χ4n) is 5.26. The molecule has 164 valence electrons. The van der Waals surface area contributed by atoms with Crippen molar-refractivity contribution in [3.8, 4) is 0 Å². The van der Waals surface area contributed by atoms with Gasteiger partial charge in [0.2, 0.25) is 0 Å². The number of carboxylic acid groups (broad SMARTS) is 1. The average Bonchev–Trinajstić information content (AvgIpc) is 3.38. The lowest BCUT2D eigenvalue weighted by atomic mass is 9.85. The molecular weight excluding hydrogens is 404 g/mol. The zero-order chi connectivity index (χ0) is 21.5. The molecule has 2 saturated heterocycles. The first kappa shape index (κ1) is 21.6. The van der Waals surface area contributed by atoms with Gasteiger partial charge in [0.1, 0.15) is 5.78 Å². The summed E-state index contributed by atoms with van der Waals surface area (Å²) >= 11 is 6.42. The van der Waals surface area contributed by atoms with Gasteiger partial charge in [-0.1, -0.05) is 11.6 Å². The molecule has 7 heteroatoms. The van der Waals surface area contributed by atoms with Crippen molar-refractivity contribution in [2.45, 2.75) is 64.1 Å². The highest BCUT2D eigenvalue weighted by Gasteiger charge is 2.38. The smallest absolute Gasteiger partial charge is 0.407 e. The van der Waals surface area contributed by atoms with Crippen molar-refractivity contribution in [2.75, 3.05) is 26.3 Å². The predicted octanol–water partition coefficient (Wildman–Crippen LogP) is 4.29. The van der Waals surface area contributed by atoms with Gasteiger partial charge in [0.15, 0.2) is 0 Å². The monoisotopic (exact) mass is 434 g/mol. The van der Waals surface area contributed by atoms with E-state index in [1.807, 2.05) is 12.1 Å². The number of benzene rings is 1. The Morgan fingerprint density at radius 2 is 2.07 bits per heavy atom. The van der Waals surface area contributed by atoms with Gasteiger partial charge in [0.05, 0.1) is 12.6 Å². The number of halogens is 1. The molecule has 1 amide bonds. The number of fused-ring (bicyclic) bond motifs is 1. The van der Waals surface area contributed by atoms with Crippen LogP contribution in [0.4, 0.5) is 4.79 Å². The zero-order valence-electron chi connectivity index (χ0n) is 17.8. The maximum Gasteiger partial charge on any atom is 0.407 e. The molecule has 2 fully saturated rings. The molecule has 4 rings (SSSR count). The molecule has 0 aromatic heterocycles. The number of carbonyl (C=O) groups is 2. The van der Waals surface area contributed by atoms with Crippen LogP contribution < -0.4 is 0 Å². The van der Waals surface area contributed by atoms with Crippen LogP contribution in [0.1, 0.15) is 62.3 Å². The van der Waals surface area contributed by atoms with Gasteiger partial charge in [-0.25, -0.2) is 4.79 Å². The summed E-state index contributed by atoms with van der Waals surface area (Å²) in [7, 11) is 0. The molecule has 0 radical (unpaired) electrons. The minimum absolute atomic E-state index is 0.0262. The maximum absolute atomic E-state index is 12.8. The Hall–Kier alpha value is -1.63. The minimum Gasteiger partial charge on any atom is -0.465 e. The number of amides is 1. The van der Waals surface area contributed by atoms with Crippen LogP contribution in [0.25, 0.3) is 0 Å². The number of nitrogens with zero attached hydrogens (tertiary/aromatic N) is 2. The Bertz CT molecular complexity index is 835. The Morgan fingerprint density at radius 3 is 2.77 bits per heavy atom. The number of rotatable bonds is 5. The molecular formula is C23H31ClN2O4. The highest BCUT2D eigenvalue weighted by Crippen LogP contribution is 2.40. The van der Waals surface area contributed by atoms with Crippen LogP contribution in [-0.4, -0.2) is 58.6 Å². The molecule has 0 spiro atoms. The summed E-state index contributed by atoms with van der Waals surface area (Å²) in [6.45, 7) is 7.65. The van der Waals surface area contributed by atoms with Gasteiger partial charge >= 0.3 is 6.09 Å². The molecule has 1 N–H and O–H groups in total. The first-order chi connectivity index (χ1) is 14.3. The lowest BCUT2D eigenvalue weighted by Gasteiger charge is -2.43. The maximum atomic E-state index is 12.8. The number of ether oxygens (including phenoxy) is 1. The fraction of sp³-hybridized carbons (Fsp3) is 0.652. The molecule has 0 unspecified atom stereocenters. The first-order valence-corrected chi connectivity index (χ1v) is 11.3. The molecule has 1 aromatic rings. The topological polar surface area (TPSA) is 70.1 Å². The van der Waals surface area contributed by atoms with E-state index in [4.69, 9.17) is 16.3 Å². The van der Waals surface area contributed by atoms with E-state index in [1.165, 1.54) is 11.1 Å². The van der Waals surface area contributed by atoms with Crippen LogP contribution in [0.2, 0.25) is 5.02 Å². The van der Waals surface area contributed by atoms with Crippen molar-refractivity contribution in [3.63, 3.8) is 0 Å². The normalized spacial score (nSPS) is 24.8. The van der Waals surface area contributed by atoms with Crippen molar-refractivity contribution >= 4 is 23.5 Å². The summed E-state index contributed by atoms with van der Waals surface area (Å²) < 4.78 is 5.40. The summed E-state index contributed by atoms with van der Waals surface area (Å²) in [5.41, 5.74) is 3.16. The Morgan fingerprint density at radius 1 is 1.27 bits per heavy atom. The molecule has 2 atom stereocenters. The van der Waals surface area contributed by atoms with Crippen LogP contribution in [0.3, 0.4) is 0 Å². The second-order valence-electron chi connectivity index (χ2n) is 9.45. The van der Waals surface area contributed by atoms with Gasteiger partial charge in [-0.05, 0) is 68.4 Å². The van der Waals surface area contributed by atoms with E-state index in [1.54, 1.807) is 4.90 Å². The van der Waals surface area contributed by atoms with Gasteiger partial charge in [-0.3, -0.25) is 9.69 Å². The summed E-state index contributed by atoms with van der Waals surface area (Å²) in [6, 6.07) is 3.82.